The summed E-state index contributed by atoms with van der Waals surface area (Å²) in [5, 5.41) is 0. The van der Waals surface area contributed by atoms with Crippen LogP contribution < -0.4 is 5.48 Å². The van der Waals surface area contributed by atoms with Gasteiger partial charge in [-0.15, -0.1) is 0 Å². The van der Waals surface area contributed by atoms with Gasteiger partial charge >= 0.3 is 0 Å². The monoisotopic (exact) mass is 352 g/mol. The van der Waals surface area contributed by atoms with Crippen molar-refractivity contribution in [2.75, 3.05) is 6.61 Å². The highest BCUT2D eigenvalue weighted by molar-refractivity contribution is 5.79. The molecular weight excluding hydrogens is 328 g/mol. The lowest BCUT2D eigenvalue weighted by Gasteiger charge is -2.41. The van der Waals surface area contributed by atoms with Crippen LogP contribution in [0.3, 0.4) is 0 Å². The largest absolute Gasteiger partial charge is 0.349 e. The molecule has 26 heavy (non-hydrogen) atoms. The number of hydrogen-bond acceptors (Lipinski definition) is 4. The maximum Gasteiger partial charge on any atom is 0.227 e. The summed E-state index contributed by atoms with van der Waals surface area (Å²) in [5.74, 6) is 0.103. The van der Waals surface area contributed by atoms with E-state index in [-0.39, 0.29) is 18.0 Å². The topological polar surface area (TPSA) is 50.8 Å². The van der Waals surface area contributed by atoms with E-state index in [2.05, 4.69) is 5.48 Å². The van der Waals surface area contributed by atoms with Gasteiger partial charge in [0.15, 0.2) is 5.72 Å². The molecule has 2 aromatic carbocycles. The second-order valence-electron chi connectivity index (χ2n) is 7.11. The SMILES string of the molecule is C[C@@]1(c2ccccc2)OC[C@@H]2C[C@H](NOCc3ccccc3)CC(=O)N21. The van der Waals surface area contributed by atoms with Crippen molar-refractivity contribution in [3.8, 4) is 0 Å². The van der Waals surface area contributed by atoms with Crippen LogP contribution in [0.2, 0.25) is 0 Å². The average Bonchev–Trinajstić information content (AvgIpc) is 3.02. The molecule has 136 valence electrons. The standard InChI is InChI=1S/C21H24N2O3/c1-21(17-10-6-3-7-11-17)23-19(15-25-21)12-18(13-20(23)24)22-26-14-16-8-4-2-5-9-16/h2-11,18-19,22H,12-15H2,1H3/t18-,19-,21-/m0/s1. The Morgan fingerprint density at radius 1 is 1.15 bits per heavy atom. The number of piperidine rings is 1. The zero-order valence-corrected chi connectivity index (χ0v) is 14.9. The Kier molecular flexibility index (Phi) is 4.76. The molecule has 2 saturated heterocycles. The smallest absolute Gasteiger partial charge is 0.227 e. The predicted molar refractivity (Wildman–Crippen MR) is 97.8 cm³/mol. The first-order valence-electron chi connectivity index (χ1n) is 9.10. The lowest BCUT2D eigenvalue weighted by molar-refractivity contribution is -0.156. The van der Waals surface area contributed by atoms with E-state index in [0.717, 1.165) is 17.5 Å². The van der Waals surface area contributed by atoms with Crippen LogP contribution >= 0.6 is 0 Å². The number of fused-ring (bicyclic) bond motifs is 1. The minimum Gasteiger partial charge on any atom is -0.349 e. The van der Waals surface area contributed by atoms with Crippen molar-refractivity contribution < 1.29 is 14.4 Å². The quantitative estimate of drug-likeness (QED) is 0.841. The number of benzene rings is 2. The fraction of sp³-hybridized carbons (Fsp3) is 0.381. The van der Waals surface area contributed by atoms with Gasteiger partial charge < -0.3 is 9.64 Å². The first-order valence-corrected chi connectivity index (χ1v) is 9.10. The number of nitrogens with one attached hydrogen (secondary N) is 1. The molecule has 2 fully saturated rings. The summed E-state index contributed by atoms with van der Waals surface area (Å²) in [6.07, 6.45) is 1.24. The molecule has 0 aromatic heterocycles. The molecule has 4 rings (SSSR count). The Labute approximate surface area is 153 Å². The average molecular weight is 352 g/mol. The summed E-state index contributed by atoms with van der Waals surface area (Å²) in [4.78, 5) is 20.4. The molecule has 3 atom stereocenters. The van der Waals surface area contributed by atoms with Crippen LogP contribution in [0.15, 0.2) is 60.7 Å². The van der Waals surface area contributed by atoms with Crippen LogP contribution in [-0.2, 0) is 26.7 Å². The van der Waals surface area contributed by atoms with E-state index < -0.39 is 5.72 Å². The second-order valence-corrected chi connectivity index (χ2v) is 7.11. The number of ether oxygens (including phenoxy) is 1. The first kappa shape index (κ1) is 17.2. The van der Waals surface area contributed by atoms with Gasteiger partial charge in [0.25, 0.3) is 0 Å². The third-order valence-corrected chi connectivity index (χ3v) is 5.27. The zero-order valence-electron chi connectivity index (χ0n) is 14.9. The van der Waals surface area contributed by atoms with E-state index in [0.29, 0.717) is 19.6 Å². The van der Waals surface area contributed by atoms with Gasteiger partial charge in [0.2, 0.25) is 5.91 Å². The van der Waals surface area contributed by atoms with Crippen molar-refractivity contribution in [3.63, 3.8) is 0 Å². The summed E-state index contributed by atoms with van der Waals surface area (Å²) >= 11 is 0. The number of hydroxylamine groups is 1. The van der Waals surface area contributed by atoms with Crippen LogP contribution in [0, 0.1) is 0 Å². The molecule has 2 aliphatic heterocycles. The minimum absolute atomic E-state index is 0.00851. The van der Waals surface area contributed by atoms with E-state index in [4.69, 9.17) is 9.57 Å². The number of carbonyl (C=O) groups is 1. The van der Waals surface area contributed by atoms with E-state index in [1.807, 2.05) is 72.5 Å². The van der Waals surface area contributed by atoms with Crippen LogP contribution in [0.4, 0.5) is 0 Å². The van der Waals surface area contributed by atoms with E-state index >= 15 is 0 Å². The molecule has 1 amide bonds. The molecule has 1 N–H and O–H groups in total. The van der Waals surface area contributed by atoms with Crippen LogP contribution in [0.1, 0.15) is 30.9 Å². The van der Waals surface area contributed by atoms with E-state index in [1.165, 1.54) is 0 Å². The van der Waals surface area contributed by atoms with Crippen LogP contribution in [0.25, 0.3) is 0 Å². The highest BCUT2D eigenvalue weighted by atomic mass is 16.6. The van der Waals surface area contributed by atoms with Crippen molar-refractivity contribution in [2.24, 2.45) is 0 Å². The highest BCUT2D eigenvalue weighted by Gasteiger charge is 2.51. The summed E-state index contributed by atoms with van der Waals surface area (Å²) in [6, 6.07) is 20.0. The molecule has 0 bridgehead atoms. The van der Waals surface area contributed by atoms with E-state index in [1.54, 1.807) is 0 Å². The molecule has 2 heterocycles. The Bertz CT molecular complexity index is 752. The van der Waals surface area contributed by atoms with Gasteiger partial charge in [0.05, 0.1) is 19.3 Å². The number of rotatable bonds is 5. The highest BCUT2D eigenvalue weighted by Crippen LogP contribution is 2.41. The number of hydrogen-bond donors (Lipinski definition) is 1. The minimum atomic E-state index is -0.682. The number of amides is 1. The lowest BCUT2D eigenvalue weighted by Crippen LogP contribution is -2.55. The van der Waals surface area contributed by atoms with Gasteiger partial charge in [-0.2, -0.15) is 5.48 Å². The summed E-state index contributed by atoms with van der Waals surface area (Å²) in [5.41, 5.74) is 4.51. The second kappa shape index (κ2) is 7.19. The maximum absolute atomic E-state index is 12.9. The summed E-state index contributed by atoms with van der Waals surface area (Å²) < 4.78 is 6.10. The Morgan fingerprint density at radius 2 is 1.85 bits per heavy atom. The van der Waals surface area contributed by atoms with Crippen LogP contribution in [-0.4, -0.2) is 29.5 Å². The Hall–Kier alpha value is -2.21. The normalized spacial score (nSPS) is 28.2. The molecule has 5 heteroatoms. The fourth-order valence-corrected chi connectivity index (χ4v) is 3.96. The first-order chi connectivity index (χ1) is 12.7. The lowest BCUT2D eigenvalue weighted by atomic mass is 9.94. The number of carbonyl (C=O) groups excluding carboxylic acids is 1. The van der Waals surface area contributed by atoms with Crippen molar-refractivity contribution in [1.29, 1.82) is 0 Å². The summed E-state index contributed by atoms with van der Waals surface area (Å²) in [6.45, 7) is 3.02. The van der Waals surface area contributed by atoms with Crippen molar-refractivity contribution in [3.05, 3.63) is 71.8 Å². The van der Waals surface area contributed by atoms with Crippen LogP contribution in [0.5, 0.6) is 0 Å². The van der Waals surface area contributed by atoms with Crippen molar-refractivity contribution in [2.45, 2.75) is 44.2 Å². The molecule has 0 spiro atoms. The fourth-order valence-electron chi connectivity index (χ4n) is 3.96. The third-order valence-electron chi connectivity index (χ3n) is 5.27. The molecule has 0 saturated carbocycles. The van der Waals surface area contributed by atoms with Gasteiger partial charge in [-0.3, -0.25) is 9.63 Å². The van der Waals surface area contributed by atoms with Gasteiger partial charge in [0, 0.05) is 18.0 Å². The van der Waals surface area contributed by atoms with Gasteiger partial charge in [-0.05, 0) is 18.9 Å². The predicted octanol–water partition coefficient (Wildman–Crippen LogP) is 2.97. The maximum atomic E-state index is 12.9. The molecular formula is C21H24N2O3. The van der Waals surface area contributed by atoms with Gasteiger partial charge in [-0.1, -0.05) is 60.7 Å². The van der Waals surface area contributed by atoms with Gasteiger partial charge in [0.1, 0.15) is 0 Å². The van der Waals surface area contributed by atoms with Gasteiger partial charge in [-0.25, -0.2) is 0 Å². The van der Waals surface area contributed by atoms with Crippen molar-refractivity contribution in [1.82, 2.24) is 10.4 Å². The number of nitrogens with zero attached hydrogens (tertiary/aromatic N) is 1. The summed E-state index contributed by atoms with van der Waals surface area (Å²) in [7, 11) is 0. The van der Waals surface area contributed by atoms with E-state index in [9.17, 15) is 4.79 Å². The molecule has 2 aliphatic rings. The Morgan fingerprint density at radius 3 is 2.58 bits per heavy atom. The molecule has 0 aliphatic carbocycles. The van der Waals surface area contributed by atoms with Crippen molar-refractivity contribution >= 4 is 5.91 Å². The third kappa shape index (κ3) is 3.26. The zero-order chi connectivity index (χ0) is 18.0. The molecule has 0 radical (unpaired) electrons. The molecule has 2 aromatic rings. The Balaban J connectivity index is 1.39. The molecule has 0 unspecified atom stereocenters. The molecule has 5 nitrogen and oxygen atoms in total.